The van der Waals surface area contributed by atoms with Crippen molar-refractivity contribution in [2.45, 2.75) is 19.4 Å². The van der Waals surface area contributed by atoms with Crippen molar-refractivity contribution in [3.63, 3.8) is 0 Å². The summed E-state index contributed by atoms with van der Waals surface area (Å²) >= 11 is 0. The highest BCUT2D eigenvalue weighted by atomic mass is 16.3. The Labute approximate surface area is 117 Å². The van der Waals surface area contributed by atoms with Crippen molar-refractivity contribution in [3.8, 4) is 5.75 Å². The van der Waals surface area contributed by atoms with Crippen LogP contribution in [0.5, 0.6) is 5.75 Å². The maximum atomic E-state index is 11.9. The molecule has 1 amide bonds. The molecule has 0 aliphatic heterocycles. The van der Waals surface area contributed by atoms with Crippen molar-refractivity contribution in [1.82, 2.24) is 4.98 Å². The Bertz CT molecular complexity index is 579. The van der Waals surface area contributed by atoms with Gasteiger partial charge in [-0.3, -0.25) is 4.79 Å². The highest BCUT2D eigenvalue weighted by Crippen LogP contribution is 2.11. The van der Waals surface area contributed by atoms with E-state index in [0.717, 1.165) is 11.1 Å². The first-order valence-corrected chi connectivity index (χ1v) is 6.31. The van der Waals surface area contributed by atoms with Gasteiger partial charge < -0.3 is 16.2 Å². The van der Waals surface area contributed by atoms with Gasteiger partial charge in [0.2, 0.25) is 5.91 Å². The second-order valence-corrected chi connectivity index (χ2v) is 4.69. The third-order valence-electron chi connectivity index (χ3n) is 2.89. The Morgan fingerprint density at radius 1 is 1.30 bits per heavy atom. The number of hydrogen-bond acceptors (Lipinski definition) is 4. The van der Waals surface area contributed by atoms with Crippen LogP contribution in [0.2, 0.25) is 0 Å². The summed E-state index contributed by atoms with van der Waals surface area (Å²) in [5.41, 5.74) is 7.78. The molecule has 2 rings (SSSR count). The number of aryl methyl sites for hydroxylation is 1. The van der Waals surface area contributed by atoms with Gasteiger partial charge in [0, 0.05) is 6.20 Å². The Balaban J connectivity index is 1.94. The minimum atomic E-state index is -0.664. The topological polar surface area (TPSA) is 88.2 Å². The Morgan fingerprint density at radius 3 is 2.60 bits per heavy atom. The first-order chi connectivity index (χ1) is 9.54. The average Bonchev–Trinajstić information content (AvgIpc) is 2.44. The van der Waals surface area contributed by atoms with E-state index in [4.69, 9.17) is 5.73 Å². The van der Waals surface area contributed by atoms with E-state index in [1.807, 2.05) is 13.0 Å². The molecule has 0 spiro atoms. The fourth-order valence-electron chi connectivity index (χ4n) is 1.74. The van der Waals surface area contributed by atoms with Crippen LogP contribution in [0.4, 0.5) is 5.82 Å². The molecule has 2 aromatic rings. The SMILES string of the molecule is Cc1ccc(NC(=O)C(N)Cc2ccc(O)cc2)nc1. The highest BCUT2D eigenvalue weighted by Gasteiger charge is 2.14. The zero-order valence-electron chi connectivity index (χ0n) is 11.2. The Morgan fingerprint density at radius 2 is 2.00 bits per heavy atom. The zero-order chi connectivity index (χ0) is 14.5. The third-order valence-corrected chi connectivity index (χ3v) is 2.89. The quantitative estimate of drug-likeness (QED) is 0.788. The van der Waals surface area contributed by atoms with E-state index in [-0.39, 0.29) is 11.7 Å². The molecule has 1 atom stereocenters. The number of nitrogens with one attached hydrogen (secondary N) is 1. The minimum absolute atomic E-state index is 0.190. The number of aromatic hydroxyl groups is 1. The van der Waals surface area contributed by atoms with Crippen molar-refractivity contribution >= 4 is 11.7 Å². The van der Waals surface area contributed by atoms with E-state index < -0.39 is 6.04 Å². The van der Waals surface area contributed by atoms with Crippen molar-refractivity contribution in [2.75, 3.05) is 5.32 Å². The number of hydrogen-bond donors (Lipinski definition) is 3. The maximum Gasteiger partial charge on any atom is 0.242 e. The molecule has 4 N–H and O–H groups in total. The molecule has 1 heterocycles. The molecule has 5 nitrogen and oxygen atoms in total. The number of carbonyl (C=O) groups excluding carboxylic acids is 1. The smallest absolute Gasteiger partial charge is 0.242 e. The van der Waals surface area contributed by atoms with Crippen LogP contribution >= 0.6 is 0 Å². The van der Waals surface area contributed by atoms with Crippen molar-refractivity contribution in [2.24, 2.45) is 5.73 Å². The number of phenolic OH excluding ortho intramolecular Hbond substituents is 1. The molecular weight excluding hydrogens is 254 g/mol. The normalized spacial score (nSPS) is 11.9. The number of phenols is 1. The second-order valence-electron chi connectivity index (χ2n) is 4.69. The van der Waals surface area contributed by atoms with Crippen LogP contribution in [0.15, 0.2) is 42.6 Å². The van der Waals surface area contributed by atoms with E-state index in [0.29, 0.717) is 12.2 Å². The molecule has 1 aromatic heterocycles. The predicted octanol–water partition coefficient (Wildman–Crippen LogP) is 1.60. The summed E-state index contributed by atoms with van der Waals surface area (Å²) in [6.07, 6.45) is 2.08. The van der Waals surface area contributed by atoms with Gasteiger partial charge in [0.25, 0.3) is 0 Å². The lowest BCUT2D eigenvalue weighted by Gasteiger charge is -2.12. The van der Waals surface area contributed by atoms with Crippen molar-refractivity contribution < 1.29 is 9.90 Å². The number of nitrogens with zero attached hydrogens (tertiary/aromatic N) is 1. The highest BCUT2D eigenvalue weighted by molar-refractivity contribution is 5.94. The van der Waals surface area contributed by atoms with Crippen LogP contribution in [0.3, 0.4) is 0 Å². The molecule has 0 aliphatic carbocycles. The van der Waals surface area contributed by atoms with Crippen LogP contribution in [-0.2, 0) is 11.2 Å². The number of anilines is 1. The third kappa shape index (κ3) is 3.80. The molecule has 20 heavy (non-hydrogen) atoms. The largest absolute Gasteiger partial charge is 0.508 e. The predicted molar refractivity (Wildman–Crippen MR) is 77.4 cm³/mol. The van der Waals surface area contributed by atoms with Crippen molar-refractivity contribution in [3.05, 3.63) is 53.7 Å². The number of rotatable bonds is 4. The van der Waals surface area contributed by atoms with Gasteiger partial charge in [-0.25, -0.2) is 4.98 Å². The van der Waals surface area contributed by atoms with E-state index in [1.165, 1.54) is 0 Å². The molecule has 0 saturated heterocycles. The summed E-state index contributed by atoms with van der Waals surface area (Å²) in [7, 11) is 0. The fourth-order valence-corrected chi connectivity index (χ4v) is 1.74. The molecule has 0 saturated carbocycles. The first-order valence-electron chi connectivity index (χ1n) is 6.31. The second kappa shape index (κ2) is 6.16. The molecular formula is C15H17N3O2. The van der Waals surface area contributed by atoms with Gasteiger partial charge in [0.05, 0.1) is 6.04 Å². The fraction of sp³-hybridized carbons (Fsp3) is 0.200. The van der Waals surface area contributed by atoms with Crippen LogP contribution in [0, 0.1) is 6.92 Å². The lowest BCUT2D eigenvalue weighted by Crippen LogP contribution is -2.37. The van der Waals surface area contributed by atoms with Gasteiger partial charge in [0.1, 0.15) is 11.6 Å². The molecule has 0 fully saturated rings. The number of carbonyl (C=O) groups is 1. The summed E-state index contributed by atoms with van der Waals surface area (Å²) in [6, 6.07) is 9.57. The summed E-state index contributed by atoms with van der Waals surface area (Å²) < 4.78 is 0. The van der Waals surface area contributed by atoms with Crippen LogP contribution < -0.4 is 11.1 Å². The first kappa shape index (κ1) is 14.0. The molecule has 0 radical (unpaired) electrons. The van der Waals surface area contributed by atoms with Crippen LogP contribution in [-0.4, -0.2) is 22.0 Å². The minimum Gasteiger partial charge on any atom is -0.508 e. The average molecular weight is 271 g/mol. The van der Waals surface area contributed by atoms with Gasteiger partial charge in [-0.2, -0.15) is 0 Å². The summed E-state index contributed by atoms with van der Waals surface area (Å²) in [6.45, 7) is 1.93. The monoisotopic (exact) mass is 271 g/mol. The zero-order valence-corrected chi connectivity index (χ0v) is 11.2. The summed E-state index contributed by atoms with van der Waals surface area (Å²) in [4.78, 5) is 16.0. The Hall–Kier alpha value is -2.40. The lowest BCUT2D eigenvalue weighted by molar-refractivity contribution is -0.117. The van der Waals surface area contributed by atoms with Crippen LogP contribution in [0.25, 0.3) is 0 Å². The van der Waals surface area contributed by atoms with Gasteiger partial charge in [-0.1, -0.05) is 18.2 Å². The molecule has 1 aromatic carbocycles. The number of aromatic nitrogens is 1. The number of amides is 1. The van der Waals surface area contributed by atoms with Gasteiger partial charge >= 0.3 is 0 Å². The van der Waals surface area contributed by atoms with Gasteiger partial charge in [-0.15, -0.1) is 0 Å². The van der Waals surface area contributed by atoms with Gasteiger partial charge in [-0.05, 0) is 42.7 Å². The van der Waals surface area contributed by atoms with E-state index >= 15 is 0 Å². The van der Waals surface area contributed by atoms with E-state index in [9.17, 15) is 9.90 Å². The van der Waals surface area contributed by atoms with E-state index in [1.54, 1.807) is 36.5 Å². The molecule has 1 unspecified atom stereocenters. The van der Waals surface area contributed by atoms with E-state index in [2.05, 4.69) is 10.3 Å². The van der Waals surface area contributed by atoms with Gasteiger partial charge in [0.15, 0.2) is 0 Å². The molecule has 0 aliphatic rings. The Kier molecular flexibility index (Phi) is 4.32. The maximum absolute atomic E-state index is 11.9. The standard InChI is InChI=1S/C15H17N3O2/c1-10-2-7-14(17-9-10)18-15(20)13(16)8-11-3-5-12(19)6-4-11/h2-7,9,13,19H,8,16H2,1H3,(H,17,18,20). The molecule has 5 heteroatoms. The lowest BCUT2D eigenvalue weighted by atomic mass is 10.1. The van der Waals surface area contributed by atoms with Crippen molar-refractivity contribution in [1.29, 1.82) is 0 Å². The number of pyridine rings is 1. The summed E-state index contributed by atoms with van der Waals surface area (Å²) in [5, 5.41) is 11.9. The van der Waals surface area contributed by atoms with Crippen LogP contribution in [0.1, 0.15) is 11.1 Å². The number of benzene rings is 1. The summed E-state index contributed by atoms with van der Waals surface area (Å²) in [5.74, 6) is 0.395. The molecule has 104 valence electrons. The number of nitrogens with two attached hydrogens (primary N) is 1. The molecule has 0 bridgehead atoms.